The molecule has 2 heterocycles. The molecule has 0 radical (unpaired) electrons. The average Bonchev–Trinajstić information content (AvgIpc) is 3.34. The second-order valence-corrected chi connectivity index (χ2v) is 13.5. The van der Waals surface area contributed by atoms with Crippen LogP contribution in [0.3, 0.4) is 0 Å². The van der Waals surface area contributed by atoms with Crippen molar-refractivity contribution < 1.29 is 0 Å². The maximum absolute atomic E-state index is 4.42. The Kier molecular flexibility index (Phi) is 9.43. The van der Waals surface area contributed by atoms with Gasteiger partial charge in [0.2, 0.25) is 0 Å². The van der Waals surface area contributed by atoms with Gasteiger partial charge >= 0.3 is 0 Å². The van der Waals surface area contributed by atoms with Crippen molar-refractivity contribution in [3.8, 4) is 0 Å². The van der Waals surface area contributed by atoms with Crippen LogP contribution >= 0.6 is 95.8 Å². The Labute approximate surface area is 193 Å². The first kappa shape index (κ1) is 22.2. The highest BCUT2D eigenvalue weighted by Gasteiger charge is 2.30. The zero-order chi connectivity index (χ0) is 18.5. The van der Waals surface area contributed by atoms with Crippen LogP contribution in [0, 0.1) is 0 Å². The fourth-order valence-electron chi connectivity index (χ4n) is 2.79. The first-order valence-corrected chi connectivity index (χ1v) is 15.6. The molecule has 0 N–H and O–H groups in total. The predicted molar refractivity (Wildman–Crippen MR) is 141 cm³/mol. The van der Waals surface area contributed by atoms with Gasteiger partial charge in [0.05, 0.1) is 19.7 Å². The first-order valence-electron chi connectivity index (χ1n) is 8.09. The molecule has 0 aromatic heterocycles. The number of thioether (sulfide) groups is 6. The molecule has 0 saturated heterocycles. The van der Waals surface area contributed by atoms with Gasteiger partial charge in [0, 0.05) is 21.3 Å². The molecule has 0 saturated carbocycles. The second kappa shape index (κ2) is 11.0. The summed E-state index contributed by atoms with van der Waals surface area (Å²) in [5.41, 5.74) is 2.86. The van der Waals surface area contributed by atoms with E-state index in [2.05, 4.69) is 72.9 Å². The van der Waals surface area contributed by atoms with Crippen molar-refractivity contribution in [2.75, 3.05) is 24.0 Å². The summed E-state index contributed by atoms with van der Waals surface area (Å²) in [6, 6.07) is 9.38. The Morgan fingerprint density at radius 3 is 1.46 bits per heavy atom. The van der Waals surface area contributed by atoms with Crippen LogP contribution in [-0.4, -0.2) is 33.2 Å². The molecule has 0 aliphatic carbocycles. The highest BCUT2D eigenvalue weighted by atomic mass is 32.2. The van der Waals surface area contributed by atoms with Gasteiger partial charge in [-0.2, -0.15) is 48.8 Å². The van der Waals surface area contributed by atoms with E-state index in [0.29, 0.717) is 19.7 Å². The van der Waals surface area contributed by atoms with Gasteiger partial charge in [-0.3, -0.25) is 0 Å². The first-order chi connectivity index (χ1) is 12.7. The summed E-state index contributed by atoms with van der Waals surface area (Å²) in [5.74, 6) is 1.70. The average molecular weight is 495 g/mol. The fraction of sp³-hybridized carbons (Fsp3) is 0.444. The predicted octanol–water partition coefficient (Wildman–Crippen LogP) is 7.65. The lowest BCUT2D eigenvalue weighted by Crippen LogP contribution is -2.09. The van der Waals surface area contributed by atoms with Gasteiger partial charge in [0.25, 0.3) is 0 Å². The van der Waals surface area contributed by atoms with E-state index in [0.717, 1.165) is 11.5 Å². The van der Waals surface area contributed by atoms with Gasteiger partial charge in [-0.05, 0) is 34.5 Å². The molecule has 8 heteroatoms. The molecule has 0 bridgehead atoms. The van der Waals surface area contributed by atoms with Crippen LogP contribution in [0.5, 0.6) is 0 Å². The minimum Gasteiger partial charge on any atom is -0.174 e. The Morgan fingerprint density at radius 1 is 0.808 bits per heavy atom. The van der Waals surface area contributed by atoms with Gasteiger partial charge in [0.15, 0.2) is 0 Å². The Morgan fingerprint density at radius 2 is 1.19 bits per heavy atom. The maximum atomic E-state index is 4.42. The minimum atomic E-state index is 0.507. The Hall–Kier alpha value is 1.50. The van der Waals surface area contributed by atoms with Crippen LogP contribution in [0.25, 0.3) is 0 Å². The minimum absolute atomic E-state index is 0.507. The standard InChI is InChI=1S/C18H22S8/c1-21-15(17-23-9-13(7-19)25-17)11-3-5-12(6-4-11)16(22-2)18-24-10-14(8-20)26-18/h3-6,9-10,15-20H,7-8H2,1-2H3. The number of benzene rings is 1. The van der Waals surface area contributed by atoms with Gasteiger partial charge in [0.1, 0.15) is 0 Å². The van der Waals surface area contributed by atoms with Gasteiger partial charge in [-0.15, -0.1) is 47.0 Å². The molecular formula is C18H22S8. The molecule has 0 spiro atoms. The lowest BCUT2D eigenvalue weighted by molar-refractivity contribution is 1.05. The topological polar surface area (TPSA) is 0 Å². The molecule has 0 fully saturated rings. The number of hydrogen-bond acceptors (Lipinski definition) is 8. The van der Waals surface area contributed by atoms with Gasteiger partial charge in [-0.1, -0.05) is 24.3 Å². The second-order valence-electron chi connectivity index (χ2n) is 5.71. The third-order valence-electron chi connectivity index (χ3n) is 4.11. The van der Waals surface area contributed by atoms with Crippen LogP contribution in [0.1, 0.15) is 21.6 Å². The maximum Gasteiger partial charge on any atom is 0.0747 e. The molecule has 1 aromatic carbocycles. The van der Waals surface area contributed by atoms with Crippen LogP contribution in [0.2, 0.25) is 0 Å². The normalized spacial score (nSPS) is 25.1. The van der Waals surface area contributed by atoms with E-state index < -0.39 is 0 Å². The van der Waals surface area contributed by atoms with Gasteiger partial charge in [-0.25, -0.2) is 0 Å². The highest BCUT2D eigenvalue weighted by Crippen LogP contribution is 2.52. The molecule has 2 aliphatic rings. The quantitative estimate of drug-likeness (QED) is 0.354. The molecule has 4 atom stereocenters. The van der Waals surface area contributed by atoms with E-state index in [-0.39, 0.29) is 0 Å². The summed E-state index contributed by atoms with van der Waals surface area (Å²) in [4.78, 5) is 2.79. The summed E-state index contributed by atoms with van der Waals surface area (Å²) < 4.78 is 1.11. The number of hydrogen-bond donors (Lipinski definition) is 2. The van der Waals surface area contributed by atoms with Crippen molar-refractivity contribution in [1.29, 1.82) is 0 Å². The third kappa shape index (κ3) is 5.35. The molecule has 3 rings (SSSR count). The third-order valence-corrected chi connectivity index (χ3v) is 13.6. The van der Waals surface area contributed by atoms with E-state index in [1.165, 1.54) is 20.9 Å². The summed E-state index contributed by atoms with van der Waals surface area (Å²) in [6.07, 6.45) is 4.44. The van der Waals surface area contributed by atoms with Crippen molar-refractivity contribution in [3.63, 3.8) is 0 Å². The molecule has 26 heavy (non-hydrogen) atoms. The van der Waals surface area contributed by atoms with Gasteiger partial charge < -0.3 is 0 Å². The monoisotopic (exact) mass is 494 g/mol. The summed E-state index contributed by atoms with van der Waals surface area (Å²) in [5, 5.41) is 5.58. The molecule has 0 amide bonds. The molecule has 2 aliphatic heterocycles. The smallest absolute Gasteiger partial charge is 0.0747 e. The van der Waals surface area contributed by atoms with E-state index in [1.807, 2.05) is 70.6 Å². The summed E-state index contributed by atoms with van der Waals surface area (Å²) in [6.45, 7) is 0. The number of rotatable bonds is 8. The molecule has 0 nitrogen and oxygen atoms in total. The molecular weight excluding hydrogens is 473 g/mol. The molecule has 4 unspecified atom stereocenters. The zero-order valence-electron chi connectivity index (χ0n) is 14.5. The van der Waals surface area contributed by atoms with E-state index in [1.54, 1.807) is 0 Å². The summed E-state index contributed by atoms with van der Waals surface area (Å²) in [7, 11) is 0. The van der Waals surface area contributed by atoms with Crippen molar-refractivity contribution in [1.82, 2.24) is 0 Å². The van der Waals surface area contributed by atoms with Crippen molar-refractivity contribution in [2.45, 2.75) is 19.7 Å². The van der Waals surface area contributed by atoms with Crippen molar-refractivity contribution in [3.05, 3.63) is 56.0 Å². The van der Waals surface area contributed by atoms with Crippen LogP contribution < -0.4 is 0 Å². The van der Waals surface area contributed by atoms with E-state index in [9.17, 15) is 0 Å². The van der Waals surface area contributed by atoms with E-state index >= 15 is 0 Å². The Balaban J connectivity index is 1.69. The van der Waals surface area contributed by atoms with Crippen molar-refractivity contribution >= 4 is 95.8 Å². The Bertz CT molecular complexity index is 597. The van der Waals surface area contributed by atoms with Crippen molar-refractivity contribution in [2.24, 2.45) is 0 Å². The van der Waals surface area contributed by atoms with Crippen LogP contribution in [0.15, 0.2) is 44.9 Å². The summed E-state index contributed by atoms with van der Waals surface area (Å²) >= 11 is 20.6. The zero-order valence-corrected chi connectivity index (χ0v) is 21.2. The van der Waals surface area contributed by atoms with Crippen LogP contribution in [-0.2, 0) is 0 Å². The van der Waals surface area contributed by atoms with Crippen LogP contribution in [0.4, 0.5) is 0 Å². The number of thiol groups is 2. The highest BCUT2D eigenvalue weighted by molar-refractivity contribution is 8.24. The molecule has 1 aromatic rings. The lowest BCUT2D eigenvalue weighted by Gasteiger charge is -2.24. The SMILES string of the molecule is CSC(c1ccc(C(SC)C2SC=C(CS)S2)cc1)C1SC=C(CS)S1. The van der Waals surface area contributed by atoms with E-state index in [4.69, 9.17) is 0 Å². The largest absolute Gasteiger partial charge is 0.174 e. The lowest BCUT2D eigenvalue weighted by atomic mass is 10.1. The fourth-order valence-corrected chi connectivity index (χ4v) is 12.0. The molecule has 142 valence electrons.